The molecular weight excluding hydrogens is 362 g/mol. The molecule has 124 valence electrons. The first-order chi connectivity index (χ1) is 10.8. The fraction of sp³-hybridized carbons (Fsp3) is 0.500. The molecule has 1 aliphatic rings. The number of carbonyl (C=O) groups is 1. The first kappa shape index (κ1) is 16.1. The molecule has 23 heavy (non-hydrogen) atoms. The maximum atomic E-state index is 11.9. The van der Waals surface area contributed by atoms with Crippen LogP contribution in [0.15, 0.2) is 29.3 Å². The van der Waals surface area contributed by atoms with Crippen LogP contribution in [0.5, 0.6) is 5.75 Å². The summed E-state index contributed by atoms with van der Waals surface area (Å²) in [6, 6.07) is 1.93. The van der Waals surface area contributed by atoms with Crippen molar-refractivity contribution in [3.63, 3.8) is 0 Å². The maximum absolute atomic E-state index is 11.9. The van der Waals surface area contributed by atoms with Gasteiger partial charge in [-0.05, 0) is 42.8 Å². The molecule has 7 heteroatoms. The van der Waals surface area contributed by atoms with Crippen molar-refractivity contribution in [2.45, 2.75) is 26.4 Å². The van der Waals surface area contributed by atoms with E-state index in [4.69, 9.17) is 9.47 Å². The van der Waals surface area contributed by atoms with Crippen molar-refractivity contribution in [1.82, 2.24) is 14.3 Å². The summed E-state index contributed by atoms with van der Waals surface area (Å²) in [5.41, 5.74) is 0.472. The summed E-state index contributed by atoms with van der Waals surface area (Å²) in [6.07, 6.45) is 5.19. The molecule has 1 fully saturated rings. The van der Waals surface area contributed by atoms with Crippen LogP contribution in [0.2, 0.25) is 0 Å². The summed E-state index contributed by atoms with van der Waals surface area (Å²) in [4.78, 5) is 17.7. The Hall–Kier alpha value is -1.76. The van der Waals surface area contributed by atoms with Crippen LogP contribution in [-0.2, 0) is 4.74 Å². The molecule has 6 nitrogen and oxygen atoms in total. The average molecular weight is 382 g/mol. The van der Waals surface area contributed by atoms with Gasteiger partial charge in [0.15, 0.2) is 0 Å². The van der Waals surface area contributed by atoms with Crippen LogP contribution in [0.25, 0.3) is 5.52 Å². The third-order valence-electron chi connectivity index (χ3n) is 3.53. The van der Waals surface area contributed by atoms with E-state index < -0.39 is 5.60 Å². The van der Waals surface area contributed by atoms with Crippen molar-refractivity contribution >= 4 is 27.5 Å². The van der Waals surface area contributed by atoms with Gasteiger partial charge in [0.1, 0.15) is 16.9 Å². The van der Waals surface area contributed by atoms with E-state index in [2.05, 4.69) is 20.9 Å². The Morgan fingerprint density at radius 3 is 2.87 bits per heavy atom. The molecule has 2 aromatic rings. The van der Waals surface area contributed by atoms with E-state index in [9.17, 15) is 4.79 Å². The van der Waals surface area contributed by atoms with Crippen LogP contribution in [0.1, 0.15) is 20.8 Å². The number of hydrogen-bond donors (Lipinski definition) is 0. The number of pyridine rings is 1. The Bertz CT molecular complexity index is 717. The lowest BCUT2D eigenvalue weighted by molar-refractivity contribution is -0.00775. The third kappa shape index (κ3) is 3.77. The van der Waals surface area contributed by atoms with Crippen LogP contribution in [0.4, 0.5) is 4.79 Å². The highest BCUT2D eigenvalue weighted by atomic mass is 79.9. The van der Waals surface area contributed by atoms with Gasteiger partial charge in [0.2, 0.25) is 0 Å². The van der Waals surface area contributed by atoms with Crippen LogP contribution in [-0.4, -0.2) is 45.7 Å². The summed E-state index contributed by atoms with van der Waals surface area (Å²) in [5, 5.41) is 0. The quantitative estimate of drug-likeness (QED) is 0.817. The highest BCUT2D eigenvalue weighted by Gasteiger charge is 2.34. The van der Waals surface area contributed by atoms with Gasteiger partial charge in [0.25, 0.3) is 0 Å². The zero-order valence-electron chi connectivity index (χ0n) is 13.5. The predicted molar refractivity (Wildman–Crippen MR) is 89.7 cm³/mol. The molecular formula is C16H20BrN3O3. The Morgan fingerprint density at radius 1 is 1.43 bits per heavy atom. The number of fused-ring (bicyclic) bond motifs is 1. The van der Waals surface area contributed by atoms with Gasteiger partial charge in [-0.1, -0.05) is 0 Å². The van der Waals surface area contributed by atoms with E-state index in [0.717, 1.165) is 15.7 Å². The largest absolute Gasteiger partial charge is 0.491 e. The summed E-state index contributed by atoms with van der Waals surface area (Å²) in [5.74, 6) is 1.11. The van der Waals surface area contributed by atoms with Gasteiger partial charge in [-0.2, -0.15) is 0 Å². The first-order valence-electron chi connectivity index (χ1n) is 7.54. The molecule has 3 heterocycles. The van der Waals surface area contributed by atoms with Crippen molar-refractivity contribution in [2.24, 2.45) is 5.92 Å². The average Bonchev–Trinajstić information content (AvgIpc) is 2.82. The van der Waals surface area contributed by atoms with Gasteiger partial charge in [-0.25, -0.2) is 9.78 Å². The van der Waals surface area contributed by atoms with E-state index >= 15 is 0 Å². The number of rotatable bonds is 3. The molecule has 0 spiro atoms. The first-order valence-corrected chi connectivity index (χ1v) is 8.33. The zero-order valence-corrected chi connectivity index (χ0v) is 15.0. The monoisotopic (exact) mass is 381 g/mol. The predicted octanol–water partition coefficient (Wildman–Crippen LogP) is 3.34. The molecule has 1 amide bonds. The number of likely N-dealkylation sites (tertiary alicyclic amines) is 1. The number of nitrogens with zero attached hydrogens (tertiary/aromatic N) is 3. The van der Waals surface area contributed by atoms with Gasteiger partial charge in [0.05, 0.1) is 19.1 Å². The number of hydrogen-bond acceptors (Lipinski definition) is 4. The van der Waals surface area contributed by atoms with Crippen molar-refractivity contribution < 1.29 is 14.3 Å². The molecule has 3 rings (SSSR count). The summed E-state index contributed by atoms with van der Waals surface area (Å²) in [6.45, 7) is 7.51. The number of ether oxygens (including phenoxy) is 2. The van der Waals surface area contributed by atoms with Gasteiger partial charge in [-0.15, -0.1) is 0 Å². The van der Waals surface area contributed by atoms with Gasteiger partial charge < -0.3 is 18.8 Å². The lowest BCUT2D eigenvalue weighted by Crippen LogP contribution is -2.53. The standard InChI is InChI=1S/C16H20BrN3O3/c1-16(2,3)23-15(21)19-6-11(7-19)9-22-14-4-12(17)8-20-10-18-5-13(14)20/h4-5,8,10-11H,6-7,9H2,1-3H3. The molecule has 0 bridgehead atoms. The minimum absolute atomic E-state index is 0.255. The molecule has 0 N–H and O–H groups in total. The second-order valence-electron chi connectivity index (χ2n) is 6.77. The molecule has 0 aromatic carbocycles. The molecule has 1 aliphatic heterocycles. The lowest BCUT2D eigenvalue weighted by atomic mass is 10.0. The van der Waals surface area contributed by atoms with E-state index in [1.807, 2.05) is 37.4 Å². The molecule has 0 radical (unpaired) electrons. The van der Waals surface area contributed by atoms with Crippen LogP contribution in [0.3, 0.4) is 0 Å². The molecule has 0 aliphatic carbocycles. The van der Waals surface area contributed by atoms with Gasteiger partial charge in [-0.3, -0.25) is 0 Å². The Kier molecular flexibility index (Phi) is 4.23. The summed E-state index contributed by atoms with van der Waals surface area (Å²) in [7, 11) is 0. The maximum Gasteiger partial charge on any atom is 0.410 e. The Morgan fingerprint density at radius 2 is 2.17 bits per heavy atom. The van der Waals surface area contributed by atoms with Gasteiger partial charge in [0, 0.05) is 29.7 Å². The second kappa shape index (κ2) is 6.03. The SMILES string of the molecule is CC(C)(C)OC(=O)N1CC(COc2cc(Br)cn3cncc23)C1. The minimum atomic E-state index is -0.456. The smallest absolute Gasteiger partial charge is 0.410 e. The van der Waals surface area contributed by atoms with E-state index in [1.54, 1.807) is 17.4 Å². The van der Waals surface area contributed by atoms with E-state index in [0.29, 0.717) is 25.6 Å². The molecule has 0 saturated carbocycles. The normalized spacial score (nSPS) is 15.6. The minimum Gasteiger partial charge on any atom is -0.491 e. The highest BCUT2D eigenvalue weighted by Crippen LogP contribution is 2.26. The molecule has 0 atom stereocenters. The van der Waals surface area contributed by atoms with Crippen molar-refractivity contribution in [2.75, 3.05) is 19.7 Å². The summed E-state index contributed by atoms with van der Waals surface area (Å²) >= 11 is 3.46. The number of amides is 1. The topological polar surface area (TPSA) is 56.1 Å². The Labute approximate surface area is 143 Å². The zero-order chi connectivity index (χ0) is 16.6. The van der Waals surface area contributed by atoms with Crippen molar-refractivity contribution in [3.8, 4) is 5.75 Å². The Balaban J connectivity index is 1.53. The summed E-state index contributed by atoms with van der Waals surface area (Å²) < 4.78 is 14.1. The van der Waals surface area contributed by atoms with E-state index in [-0.39, 0.29) is 6.09 Å². The fourth-order valence-corrected chi connectivity index (χ4v) is 2.87. The fourth-order valence-electron chi connectivity index (χ4n) is 2.44. The van der Waals surface area contributed by atoms with Crippen molar-refractivity contribution in [3.05, 3.63) is 29.3 Å². The van der Waals surface area contributed by atoms with Gasteiger partial charge >= 0.3 is 6.09 Å². The number of aromatic nitrogens is 2. The van der Waals surface area contributed by atoms with Crippen LogP contribution in [0, 0.1) is 5.92 Å². The van der Waals surface area contributed by atoms with E-state index in [1.165, 1.54) is 0 Å². The molecule has 0 unspecified atom stereocenters. The molecule has 1 saturated heterocycles. The number of carbonyl (C=O) groups excluding carboxylic acids is 1. The lowest BCUT2D eigenvalue weighted by Gasteiger charge is -2.39. The van der Waals surface area contributed by atoms with Crippen molar-refractivity contribution in [1.29, 1.82) is 0 Å². The molecule has 2 aromatic heterocycles. The number of imidazole rings is 1. The highest BCUT2D eigenvalue weighted by molar-refractivity contribution is 9.10. The number of halogens is 1. The third-order valence-corrected chi connectivity index (χ3v) is 3.97. The van der Waals surface area contributed by atoms with Crippen LogP contribution >= 0.6 is 15.9 Å². The second-order valence-corrected chi connectivity index (χ2v) is 7.69. The van der Waals surface area contributed by atoms with Crippen LogP contribution < -0.4 is 4.74 Å².